The Morgan fingerprint density at radius 1 is 0.971 bits per heavy atom. The fourth-order valence-electron chi connectivity index (χ4n) is 3.92. The summed E-state index contributed by atoms with van der Waals surface area (Å²) in [5, 5.41) is 9.65. The normalized spacial score (nSPS) is 14.9. The van der Waals surface area contributed by atoms with Crippen LogP contribution in [0.25, 0.3) is 6.08 Å². The maximum atomic E-state index is 13.4. The van der Waals surface area contributed by atoms with E-state index in [1.807, 2.05) is 61.5 Å². The number of benzene rings is 2. The van der Waals surface area contributed by atoms with Crippen LogP contribution in [0.1, 0.15) is 51.2 Å². The number of unbranched alkanes of at least 4 members (excludes halogenated alkanes) is 2. The minimum absolute atomic E-state index is 0.00943. The van der Waals surface area contributed by atoms with Gasteiger partial charge in [-0.15, -0.1) is 0 Å². The zero-order valence-corrected chi connectivity index (χ0v) is 20.7. The fraction of sp³-hybridized carbons (Fsp3) is 0.345. The van der Waals surface area contributed by atoms with Crippen molar-refractivity contribution in [3.63, 3.8) is 0 Å². The molecule has 2 amide bonds. The second kappa shape index (κ2) is 12.6. The van der Waals surface area contributed by atoms with Crippen molar-refractivity contribution >= 4 is 17.9 Å². The molecule has 2 aromatic carbocycles. The molecule has 1 aliphatic rings. The van der Waals surface area contributed by atoms with Crippen molar-refractivity contribution in [1.29, 1.82) is 5.26 Å². The molecule has 182 valence electrons. The largest absolute Gasteiger partial charge is 0.490 e. The van der Waals surface area contributed by atoms with Gasteiger partial charge < -0.3 is 9.47 Å². The summed E-state index contributed by atoms with van der Waals surface area (Å²) in [6, 6.07) is 17.1. The Balaban J connectivity index is 1.90. The smallest absolute Gasteiger partial charge is 0.271 e. The lowest BCUT2D eigenvalue weighted by atomic mass is 9.93. The molecule has 0 atom stereocenters. The molecule has 0 aliphatic carbocycles. The van der Waals surface area contributed by atoms with Gasteiger partial charge in [0.15, 0.2) is 11.5 Å². The van der Waals surface area contributed by atoms with Gasteiger partial charge in [-0.05, 0) is 61.6 Å². The number of nitrogens with zero attached hydrogens (tertiary/aromatic N) is 2. The lowest BCUT2D eigenvalue weighted by Crippen LogP contribution is -2.43. The highest BCUT2D eigenvalue weighted by Crippen LogP contribution is 2.32. The van der Waals surface area contributed by atoms with Gasteiger partial charge in [-0.25, -0.2) is 0 Å². The Morgan fingerprint density at radius 2 is 1.74 bits per heavy atom. The molecule has 0 spiro atoms. The molecule has 0 bridgehead atoms. The Kier molecular flexibility index (Phi) is 9.25. The Morgan fingerprint density at radius 3 is 2.43 bits per heavy atom. The van der Waals surface area contributed by atoms with Crippen LogP contribution in [-0.4, -0.2) is 36.5 Å². The lowest BCUT2D eigenvalue weighted by Gasteiger charge is -2.27. The molecule has 0 N–H and O–H groups in total. The molecule has 1 heterocycles. The van der Waals surface area contributed by atoms with Crippen molar-refractivity contribution < 1.29 is 19.1 Å². The van der Waals surface area contributed by atoms with Gasteiger partial charge in [-0.1, -0.05) is 56.2 Å². The first-order valence-corrected chi connectivity index (χ1v) is 12.1. The number of ether oxygens (including phenoxy) is 2. The number of carbonyl (C=O) groups is 2. The summed E-state index contributed by atoms with van der Waals surface area (Å²) >= 11 is 0. The lowest BCUT2D eigenvalue weighted by molar-refractivity contribution is -0.140. The van der Waals surface area contributed by atoms with Gasteiger partial charge in [0, 0.05) is 12.1 Å². The SMILES string of the molecule is CCCCCOc1ccc(/C=C2/C(=O)N(CCc3ccccc3)C(=O)C(C#N)=C2C)cc1OCC. The molecule has 1 aliphatic heterocycles. The van der Waals surface area contributed by atoms with Crippen LogP contribution in [0.3, 0.4) is 0 Å². The van der Waals surface area contributed by atoms with E-state index in [1.54, 1.807) is 13.0 Å². The number of hydrogen-bond donors (Lipinski definition) is 0. The first-order chi connectivity index (χ1) is 17.0. The Labute approximate surface area is 207 Å². The average molecular weight is 473 g/mol. The minimum Gasteiger partial charge on any atom is -0.490 e. The van der Waals surface area contributed by atoms with Crippen LogP contribution in [0.2, 0.25) is 0 Å². The van der Waals surface area contributed by atoms with E-state index in [4.69, 9.17) is 9.47 Å². The Hall–Kier alpha value is -3.85. The van der Waals surface area contributed by atoms with E-state index < -0.39 is 11.8 Å². The third kappa shape index (κ3) is 6.39. The van der Waals surface area contributed by atoms with Crippen molar-refractivity contribution in [2.24, 2.45) is 0 Å². The summed E-state index contributed by atoms with van der Waals surface area (Å²) in [5.74, 6) is 0.305. The molecule has 0 aromatic heterocycles. The van der Waals surface area contributed by atoms with E-state index >= 15 is 0 Å². The van der Waals surface area contributed by atoms with Crippen LogP contribution < -0.4 is 9.47 Å². The minimum atomic E-state index is -0.547. The van der Waals surface area contributed by atoms with Crippen LogP contribution in [0.4, 0.5) is 0 Å². The second-order valence-corrected chi connectivity index (χ2v) is 8.36. The fourth-order valence-corrected chi connectivity index (χ4v) is 3.92. The van der Waals surface area contributed by atoms with Gasteiger partial charge in [0.05, 0.1) is 13.2 Å². The monoisotopic (exact) mass is 472 g/mol. The van der Waals surface area contributed by atoms with Crippen LogP contribution in [0.15, 0.2) is 65.3 Å². The molecule has 6 nitrogen and oxygen atoms in total. The van der Waals surface area contributed by atoms with Crippen molar-refractivity contribution in [2.75, 3.05) is 19.8 Å². The number of nitriles is 1. The quantitative estimate of drug-likeness (QED) is 0.245. The van der Waals surface area contributed by atoms with Crippen molar-refractivity contribution in [1.82, 2.24) is 4.90 Å². The first-order valence-electron chi connectivity index (χ1n) is 12.1. The molecule has 6 heteroatoms. The highest BCUT2D eigenvalue weighted by atomic mass is 16.5. The molecule has 0 saturated carbocycles. The summed E-state index contributed by atoms with van der Waals surface area (Å²) in [6.07, 6.45) is 5.41. The van der Waals surface area contributed by atoms with Crippen molar-refractivity contribution in [3.8, 4) is 17.6 Å². The molecule has 0 radical (unpaired) electrons. The van der Waals surface area contributed by atoms with Gasteiger partial charge in [-0.2, -0.15) is 5.26 Å². The van der Waals surface area contributed by atoms with Gasteiger partial charge in [0.1, 0.15) is 11.6 Å². The third-order valence-electron chi connectivity index (χ3n) is 5.88. The number of carbonyl (C=O) groups excluding carboxylic acids is 2. The highest BCUT2D eigenvalue weighted by molar-refractivity contribution is 6.19. The summed E-state index contributed by atoms with van der Waals surface area (Å²) in [5.41, 5.74) is 2.44. The predicted molar refractivity (Wildman–Crippen MR) is 136 cm³/mol. The zero-order valence-electron chi connectivity index (χ0n) is 20.7. The number of amides is 2. The zero-order chi connectivity index (χ0) is 25.2. The van der Waals surface area contributed by atoms with Crippen molar-refractivity contribution in [3.05, 3.63) is 76.4 Å². The van der Waals surface area contributed by atoms with Crippen LogP contribution in [-0.2, 0) is 16.0 Å². The molecule has 0 saturated heterocycles. The Bertz CT molecular complexity index is 1160. The number of imide groups is 1. The van der Waals surface area contributed by atoms with E-state index in [9.17, 15) is 14.9 Å². The van der Waals surface area contributed by atoms with Crippen LogP contribution in [0, 0.1) is 11.3 Å². The van der Waals surface area contributed by atoms with E-state index in [0.29, 0.717) is 42.3 Å². The van der Waals surface area contributed by atoms with E-state index in [2.05, 4.69) is 6.92 Å². The van der Waals surface area contributed by atoms with Crippen molar-refractivity contribution in [2.45, 2.75) is 46.5 Å². The predicted octanol–water partition coefficient (Wildman–Crippen LogP) is 5.49. The molecule has 0 unspecified atom stereocenters. The van der Waals surface area contributed by atoms with E-state index in [0.717, 1.165) is 30.4 Å². The molecule has 2 aromatic rings. The number of hydrogen-bond acceptors (Lipinski definition) is 5. The standard InChI is InChI=1S/C29H32N2O4/c1-4-6-10-17-35-26-14-13-23(19-27(26)34-5-2)18-24-21(3)25(20-30)29(33)31(28(24)32)16-15-22-11-8-7-9-12-22/h7-9,11-14,18-19H,4-6,10,15-17H2,1-3H3/b24-18+. The summed E-state index contributed by atoms with van der Waals surface area (Å²) in [6.45, 7) is 6.97. The molecule has 0 fully saturated rings. The van der Waals surface area contributed by atoms with Gasteiger partial charge in [0.2, 0.25) is 0 Å². The summed E-state index contributed by atoms with van der Waals surface area (Å²) in [4.78, 5) is 27.4. The van der Waals surface area contributed by atoms with Gasteiger partial charge >= 0.3 is 0 Å². The summed E-state index contributed by atoms with van der Waals surface area (Å²) < 4.78 is 11.7. The molecule has 35 heavy (non-hydrogen) atoms. The second-order valence-electron chi connectivity index (χ2n) is 8.36. The first kappa shape index (κ1) is 25.8. The number of rotatable bonds is 11. The maximum Gasteiger partial charge on any atom is 0.271 e. The average Bonchev–Trinajstić information content (AvgIpc) is 2.86. The van der Waals surface area contributed by atoms with Crippen LogP contribution in [0.5, 0.6) is 11.5 Å². The van der Waals surface area contributed by atoms with E-state index in [1.165, 1.54) is 4.90 Å². The highest BCUT2D eigenvalue weighted by Gasteiger charge is 2.35. The third-order valence-corrected chi connectivity index (χ3v) is 5.88. The van der Waals surface area contributed by atoms with Crippen LogP contribution >= 0.6 is 0 Å². The molecular weight excluding hydrogens is 440 g/mol. The summed E-state index contributed by atoms with van der Waals surface area (Å²) in [7, 11) is 0. The van der Waals surface area contributed by atoms with Gasteiger partial charge in [0.25, 0.3) is 11.8 Å². The molecule has 3 rings (SSSR count). The maximum absolute atomic E-state index is 13.4. The molecular formula is C29H32N2O4. The van der Waals surface area contributed by atoms with E-state index in [-0.39, 0.29) is 12.1 Å². The topological polar surface area (TPSA) is 79.6 Å². The van der Waals surface area contributed by atoms with Gasteiger partial charge in [-0.3, -0.25) is 14.5 Å².